The van der Waals surface area contributed by atoms with Gasteiger partial charge >= 0.3 is 0 Å². The van der Waals surface area contributed by atoms with Crippen molar-refractivity contribution < 1.29 is 20.1 Å². The Balaban J connectivity index is 2.41. The summed E-state index contributed by atoms with van der Waals surface area (Å²) >= 11 is 4.75. The van der Waals surface area contributed by atoms with Crippen molar-refractivity contribution in [2.24, 2.45) is 5.73 Å². The molecule has 0 aromatic carbocycles. The van der Waals surface area contributed by atoms with E-state index in [1.54, 1.807) is 0 Å². The lowest BCUT2D eigenvalue weighted by Gasteiger charge is -2.18. The van der Waals surface area contributed by atoms with Crippen LogP contribution in [0.5, 0.6) is 0 Å². The van der Waals surface area contributed by atoms with Crippen LogP contribution in [0.25, 0.3) is 0 Å². The molecule has 0 spiro atoms. The lowest BCUT2D eigenvalue weighted by molar-refractivity contribution is -0.0544. The Labute approximate surface area is 113 Å². The highest BCUT2D eigenvalue weighted by Crippen LogP contribution is 2.28. The molecule has 1 aliphatic rings. The van der Waals surface area contributed by atoms with Crippen molar-refractivity contribution in [3.8, 4) is 0 Å². The van der Waals surface area contributed by atoms with Gasteiger partial charge in [-0.3, -0.25) is 9.36 Å². The zero-order chi connectivity index (χ0) is 14.2. The lowest BCUT2D eigenvalue weighted by Crippen LogP contribution is -2.37. The number of pyridine rings is 1. The van der Waals surface area contributed by atoms with Gasteiger partial charge in [0.2, 0.25) is 0 Å². The Morgan fingerprint density at radius 3 is 2.68 bits per heavy atom. The number of aliphatic hydroxyl groups excluding tert-OH is 3. The molecule has 0 aliphatic carbocycles. The van der Waals surface area contributed by atoms with Crippen molar-refractivity contribution in [3.05, 3.63) is 34.2 Å². The summed E-state index contributed by atoms with van der Waals surface area (Å²) in [5, 5.41) is 28.5. The fourth-order valence-corrected chi connectivity index (χ4v) is 2.16. The van der Waals surface area contributed by atoms with Gasteiger partial charge in [-0.25, -0.2) is 0 Å². The van der Waals surface area contributed by atoms with Gasteiger partial charge in [0.1, 0.15) is 23.3 Å². The van der Waals surface area contributed by atoms with Crippen molar-refractivity contribution in [2.45, 2.75) is 24.5 Å². The second-order valence-electron chi connectivity index (χ2n) is 4.23. The van der Waals surface area contributed by atoms with Gasteiger partial charge < -0.3 is 25.8 Å². The van der Waals surface area contributed by atoms with E-state index in [1.807, 2.05) is 0 Å². The van der Waals surface area contributed by atoms with Crippen LogP contribution in [0.15, 0.2) is 23.1 Å². The molecular weight excluding hydrogens is 272 g/mol. The number of hydrogen-bond donors (Lipinski definition) is 4. The number of aromatic nitrogens is 1. The highest BCUT2D eigenvalue weighted by molar-refractivity contribution is 7.80. The Morgan fingerprint density at radius 1 is 1.47 bits per heavy atom. The number of nitrogens with zero attached hydrogens (tertiary/aromatic N) is 1. The molecule has 2 rings (SSSR count). The molecule has 2 heterocycles. The van der Waals surface area contributed by atoms with E-state index in [9.17, 15) is 15.0 Å². The third-order valence-electron chi connectivity index (χ3n) is 3.03. The maximum Gasteiger partial charge on any atom is 0.262 e. The lowest BCUT2D eigenvalue weighted by atomic mass is 10.1. The molecule has 7 nitrogen and oxygen atoms in total. The first kappa shape index (κ1) is 14.1. The van der Waals surface area contributed by atoms with Crippen molar-refractivity contribution in [2.75, 3.05) is 6.61 Å². The number of nitrogens with two attached hydrogens (primary N) is 1. The second-order valence-corrected chi connectivity index (χ2v) is 4.67. The molecule has 0 unspecified atom stereocenters. The molecular formula is C11H14N2O5S. The van der Waals surface area contributed by atoms with Crippen LogP contribution in [0, 0.1) is 0 Å². The van der Waals surface area contributed by atoms with Crippen LogP contribution >= 0.6 is 12.2 Å². The summed E-state index contributed by atoms with van der Waals surface area (Å²) < 4.78 is 6.36. The summed E-state index contributed by atoms with van der Waals surface area (Å²) in [6.45, 7) is -0.460. The molecule has 1 aromatic heterocycles. The van der Waals surface area contributed by atoms with Gasteiger partial charge in [0, 0.05) is 6.20 Å². The molecule has 8 heteroatoms. The van der Waals surface area contributed by atoms with Gasteiger partial charge in [0.15, 0.2) is 6.23 Å². The highest BCUT2D eigenvalue weighted by atomic mass is 32.1. The third kappa shape index (κ3) is 2.40. The molecule has 104 valence electrons. The fourth-order valence-electron chi connectivity index (χ4n) is 2.01. The van der Waals surface area contributed by atoms with E-state index in [-0.39, 0.29) is 10.6 Å². The number of aliphatic hydroxyl groups is 3. The standard InChI is InChI=1S/C11H14N2O5S/c12-9(19)5-2-1-3-13(10(5)17)11-8(16)7(15)6(4-14)18-11/h1-3,6-8,11,14-16H,4H2,(H2,12,19)/t6-,7-,8-,11-/m1/s1. The first-order valence-electron chi connectivity index (χ1n) is 5.60. The first-order chi connectivity index (χ1) is 8.97. The third-order valence-corrected chi connectivity index (χ3v) is 3.25. The summed E-state index contributed by atoms with van der Waals surface area (Å²) in [5.74, 6) is 0. The molecule has 0 saturated carbocycles. The zero-order valence-electron chi connectivity index (χ0n) is 9.84. The van der Waals surface area contributed by atoms with Crippen LogP contribution in [-0.2, 0) is 4.74 Å². The fraction of sp³-hybridized carbons (Fsp3) is 0.455. The quantitative estimate of drug-likeness (QED) is 0.479. The predicted octanol–water partition coefficient (Wildman–Crippen LogP) is -1.91. The Kier molecular flexibility index (Phi) is 3.97. The van der Waals surface area contributed by atoms with Crippen LogP contribution in [0.1, 0.15) is 11.8 Å². The maximum absolute atomic E-state index is 12.1. The number of ether oxygens (including phenoxy) is 1. The number of hydrogen-bond acceptors (Lipinski definition) is 6. The predicted molar refractivity (Wildman–Crippen MR) is 69.6 cm³/mol. The Morgan fingerprint density at radius 2 is 2.16 bits per heavy atom. The average molecular weight is 286 g/mol. The minimum Gasteiger partial charge on any atom is -0.394 e. The molecule has 4 atom stereocenters. The molecule has 0 radical (unpaired) electrons. The van der Waals surface area contributed by atoms with E-state index in [0.717, 1.165) is 4.57 Å². The topological polar surface area (TPSA) is 118 Å². The van der Waals surface area contributed by atoms with Gasteiger partial charge in [0.05, 0.1) is 12.2 Å². The largest absolute Gasteiger partial charge is 0.394 e. The van der Waals surface area contributed by atoms with Crippen molar-refractivity contribution >= 4 is 17.2 Å². The van der Waals surface area contributed by atoms with Crippen LogP contribution in [0.3, 0.4) is 0 Å². The highest BCUT2D eigenvalue weighted by Gasteiger charge is 2.43. The molecule has 1 fully saturated rings. The minimum absolute atomic E-state index is 0.0638. The van der Waals surface area contributed by atoms with Crippen LogP contribution < -0.4 is 11.3 Å². The van der Waals surface area contributed by atoms with Crippen molar-refractivity contribution in [1.29, 1.82) is 0 Å². The molecule has 1 saturated heterocycles. The summed E-state index contributed by atoms with van der Waals surface area (Å²) in [4.78, 5) is 12.0. The molecule has 19 heavy (non-hydrogen) atoms. The molecule has 0 bridgehead atoms. The average Bonchev–Trinajstić information content (AvgIpc) is 2.66. The smallest absolute Gasteiger partial charge is 0.262 e. The van der Waals surface area contributed by atoms with E-state index in [4.69, 9.17) is 27.8 Å². The zero-order valence-corrected chi connectivity index (χ0v) is 10.7. The summed E-state index contributed by atoms with van der Waals surface area (Å²) in [6.07, 6.45) is -3.23. The monoisotopic (exact) mass is 286 g/mol. The van der Waals surface area contributed by atoms with E-state index in [0.29, 0.717) is 0 Å². The summed E-state index contributed by atoms with van der Waals surface area (Å²) in [7, 11) is 0. The Hall–Kier alpha value is -1.32. The summed E-state index contributed by atoms with van der Waals surface area (Å²) in [5.41, 5.74) is 5.02. The number of rotatable bonds is 3. The van der Waals surface area contributed by atoms with Gasteiger partial charge in [-0.05, 0) is 12.1 Å². The maximum atomic E-state index is 12.1. The molecule has 1 aliphatic heterocycles. The molecule has 5 N–H and O–H groups in total. The van der Waals surface area contributed by atoms with E-state index >= 15 is 0 Å². The normalized spacial score (nSPS) is 30.5. The van der Waals surface area contributed by atoms with Crippen LogP contribution in [0.2, 0.25) is 0 Å². The SMILES string of the molecule is NC(=S)c1cccn([C@@H]2O[C@H](CO)[C@@H](O)[C@H]2O)c1=O. The van der Waals surface area contributed by atoms with Crippen LogP contribution in [0.4, 0.5) is 0 Å². The molecule has 0 amide bonds. The summed E-state index contributed by atoms with van der Waals surface area (Å²) in [6, 6.07) is 2.99. The van der Waals surface area contributed by atoms with Crippen molar-refractivity contribution in [3.63, 3.8) is 0 Å². The first-order valence-corrected chi connectivity index (χ1v) is 6.01. The number of thiocarbonyl (C=S) groups is 1. The van der Waals surface area contributed by atoms with E-state index in [1.165, 1.54) is 18.3 Å². The van der Waals surface area contributed by atoms with Crippen molar-refractivity contribution in [1.82, 2.24) is 4.57 Å². The van der Waals surface area contributed by atoms with Gasteiger partial charge in [-0.1, -0.05) is 12.2 Å². The van der Waals surface area contributed by atoms with E-state index in [2.05, 4.69) is 0 Å². The van der Waals surface area contributed by atoms with Crippen LogP contribution in [-0.4, -0.2) is 49.8 Å². The van der Waals surface area contributed by atoms with Gasteiger partial charge in [-0.15, -0.1) is 0 Å². The minimum atomic E-state index is -1.32. The van der Waals surface area contributed by atoms with E-state index < -0.39 is 36.7 Å². The Bertz CT molecular complexity index is 546. The molecule has 1 aromatic rings. The second kappa shape index (κ2) is 5.35. The van der Waals surface area contributed by atoms with Gasteiger partial charge in [-0.2, -0.15) is 0 Å². The van der Waals surface area contributed by atoms with Gasteiger partial charge in [0.25, 0.3) is 5.56 Å².